The third kappa shape index (κ3) is 3.24. The van der Waals surface area contributed by atoms with E-state index in [1.54, 1.807) is 4.90 Å². The van der Waals surface area contributed by atoms with Gasteiger partial charge in [-0.3, -0.25) is 9.59 Å². The minimum absolute atomic E-state index is 0.0226. The van der Waals surface area contributed by atoms with Gasteiger partial charge in [-0.15, -0.1) is 10.2 Å². The zero-order chi connectivity index (χ0) is 16.6. The fraction of sp³-hybridized carbons (Fsp3) is 0.375. The number of nitrogens with one attached hydrogen (secondary N) is 1. The number of anilines is 2. The van der Waals surface area contributed by atoms with Crippen molar-refractivity contribution < 1.29 is 9.59 Å². The number of aryl methyl sites for hydroxylation is 3. The molecule has 0 saturated carbocycles. The van der Waals surface area contributed by atoms with Crippen molar-refractivity contribution in [2.45, 2.75) is 27.2 Å². The summed E-state index contributed by atoms with van der Waals surface area (Å²) in [4.78, 5) is 26.3. The van der Waals surface area contributed by atoms with E-state index in [1.807, 2.05) is 39.0 Å². The van der Waals surface area contributed by atoms with Crippen molar-refractivity contribution in [3.63, 3.8) is 0 Å². The number of amides is 2. The zero-order valence-corrected chi connectivity index (χ0v) is 14.1. The van der Waals surface area contributed by atoms with Crippen LogP contribution in [0.3, 0.4) is 0 Å². The van der Waals surface area contributed by atoms with Gasteiger partial charge in [0.25, 0.3) is 0 Å². The SMILES string of the molecule is Cc1ccc(N2CC(C(=O)Nc3nnc(C)s3)CC2=O)c(C)c1. The second-order valence-corrected chi connectivity index (χ2v) is 6.99. The Morgan fingerprint density at radius 1 is 1.30 bits per heavy atom. The van der Waals surface area contributed by atoms with E-state index in [0.717, 1.165) is 21.8 Å². The summed E-state index contributed by atoms with van der Waals surface area (Å²) in [5.41, 5.74) is 3.07. The van der Waals surface area contributed by atoms with Gasteiger partial charge in [-0.25, -0.2) is 0 Å². The highest BCUT2D eigenvalue weighted by atomic mass is 32.1. The number of aromatic nitrogens is 2. The van der Waals surface area contributed by atoms with Gasteiger partial charge in [0.15, 0.2) is 0 Å². The van der Waals surface area contributed by atoms with Crippen LogP contribution in [0.2, 0.25) is 0 Å². The maximum Gasteiger partial charge on any atom is 0.231 e. The van der Waals surface area contributed by atoms with Gasteiger partial charge in [0, 0.05) is 18.7 Å². The van der Waals surface area contributed by atoms with Crippen LogP contribution in [-0.4, -0.2) is 28.6 Å². The van der Waals surface area contributed by atoms with Crippen LogP contribution in [0.1, 0.15) is 22.6 Å². The summed E-state index contributed by atoms with van der Waals surface area (Å²) in [5, 5.41) is 11.8. The summed E-state index contributed by atoms with van der Waals surface area (Å²) in [6.45, 7) is 6.22. The summed E-state index contributed by atoms with van der Waals surface area (Å²) in [7, 11) is 0. The Kier molecular flexibility index (Phi) is 4.12. The minimum Gasteiger partial charge on any atom is -0.311 e. The summed E-state index contributed by atoms with van der Waals surface area (Å²) in [6, 6.07) is 5.96. The first-order valence-corrected chi connectivity index (χ1v) is 8.24. The molecule has 2 aromatic rings. The third-order valence-corrected chi connectivity index (χ3v) is 4.65. The Morgan fingerprint density at radius 3 is 2.74 bits per heavy atom. The lowest BCUT2D eigenvalue weighted by atomic mass is 10.1. The van der Waals surface area contributed by atoms with E-state index in [4.69, 9.17) is 0 Å². The van der Waals surface area contributed by atoms with Crippen LogP contribution in [-0.2, 0) is 9.59 Å². The largest absolute Gasteiger partial charge is 0.311 e. The van der Waals surface area contributed by atoms with Crippen molar-refractivity contribution in [1.82, 2.24) is 10.2 Å². The van der Waals surface area contributed by atoms with Crippen molar-refractivity contribution in [3.05, 3.63) is 34.3 Å². The Hall–Kier alpha value is -2.28. The molecule has 1 fully saturated rings. The maximum atomic E-state index is 12.3. The second-order valence-electron chi connectivity index (χ2n) is 5.81. The first-order valence-electron chi connectivity index (χ1n) is 7.42. The normalized spacial score (nSPS) is 17.6. The van der Waals surface area contributed by atoms with E-state index in [-0.39, 0.29) is 24.2 Å². The van der Waals surface area contributed by atoms with Gasteiger partial charge in [0.05, 0.1) is 5.92 Å². The van der Waals surface area contributed by atoms with Crippen molar-refractivity contribution in [2.75, 3.05) is 16.8 Å². The summed E-state index contributed by atoms with van der Waals surface area (Å²) in [6.07, 6.45) is 0.219. The summed E-state index contributed by atoms with van der Waals surface area (Å²) < 4.78 is 0. The highest BCUT2D eigenvalue weighted by Crippen LogP contribution is 2.29. The lowest BCUT2D eigenvalue weighted by molar-refractivity contribution is -0.122. The van der Waals surface area contributed by atoms with Crippen LogP contribution < -0.4 is 10.2 Å². The molecule has 1 aromatic heterocycles. The van der Waals surface area contributed by atoms with Crippen molar-refractivity contribution in [2.24, 2.45) is 5.92 Å². The van der Waals surface area contributed by atoms with Crippen molar-refractivity contribution >= 4 is 34.0 Å². The molecule has 0 spiro atoms. The van der Waals surface area contributed by atoms with Gasteiger partial charge in [-0.05, 0) is 32.4 Å². The van der Waals surface area contributed by atoms with Gasteiger partial charge >= 0.3 is 0 Å². The zero-order valence-electron chi connectivity index (χ0n) is 13.3. The average molecular weight is 330 g/mol. The van der Waals surface area contributed by atoms with Gasteiger partial charge in [-0.2, -0.15) is 0 Å². The predicted molar refractivity (Wildman–Crippen MR) is 89.7 cm³/mol. The van der Waals surface area contributed by atoms with Crippen molar-refractivity contribution in [3.8, 4) is 0 Å². The first-order chi connectivity index (χ1) is 10.9. The molecule has 2 amide bonds. The molecule has 1 N–H and O–H groups in total. The topological polar surface area (TPSA) is 75.2 Å². The Labute approximate surface area is 138 Å². The molecule has 0 bridgehead atoms. The minimum atomic E-state index is -0.368. The summed E-state index contributed by atoms with van der Waals surface area (Å²) >= 11 is 1.32. The van der Waals surface area contributed by atoms with E-state index in [1.165, 1.54) is 11.3 Å². The van der Waals surface area contributed by atoms with Crippen molar-refractivity contribution in [1.29, 1.82) is 0 Å². The van der Waals surface area contributed by atoms with Crippen LogP contribution in [0.15, 0.2) is 18.2 Å². The molecule has 120 valence electrons. The number of hydrogen-bond donors (Lipinski definition) is 1. The monoisotopic (exact) mass is 330 g/mol. The number of rotatable bonds is 3. The molecule has 1 saturated heterocycles. The Bertz CT molecular complexity index is 771. The van der Waals surface area contributed by atoms with Gasteiger partial charge < -0.3 is 10.2 Å². The van der Waals surface area contributed by atoms with E-state index in [9.17, 15) is 9.59 Å². The molecule has 7 heteroatoms. The standard InChI is InChI=1S/C16H18N4O2S/c1-9-4-5-13(10(2)6-9)20-8-12(7-14(20)21)15(22)17-16-19-18-11(3)23-16/h4-6,12H,7-8H2,1-3H3,(H,17,19,22). The smallest absolute Gasteiger partial charge is 0.231 e. The third-order valence-electron chi connectivity index (χ3n) is 3.90. The molecule has 1 aliphatic rings. The molecule has 3 rings (SSSR count). The van der Waals surface area contributed by atoms with Crippen LogP contribution in [0.4, 0.5) is 10.8 Å². The lowest BCUT2D eigenvalue weighted by Crippen LogP contribution is -2.28. The van der Waals surface area contributed by atoms with E-state index >= 15 is 0 Å². The van der Waals surface area contributed by atoms with E-state index < -0.39 is 0 Å². The fourth-order valence-electron chi connectivity index (χ4n) is 2.78. The van der Waals surface area contributed by atoms with Crippen LogP contribution in [0, 0.1) is 26.7 Å². The second kappa shape index (κ2) is 6.08. The van der Waals surface area contributed by atoms with E-state index in [2.05, 4.69) is 15.5 Å². The molecule has 1 atom stereocenters. The highest BCUT2D eigenvalue weighted by molar-refractivity contribution is 7.15. The van der Waals surface area contributed by atoms with Gasteiger partial charge in [-0.1, -0.05) is 29.0 Å². The Morgan fingerprint density at radius 2 is 2.09 bits per heavy atom. The van der Waals surface area contributed by atoms with E-state index in [0.29, 0.717) is 11.7 Å². The van der Waals surface area contributed by atoms with Crippen LogP contribution in [0.25, 0.3) is 0 Å². The fourth-order valence-corrected chi connectivity index (χ4v) is 3.37. The van der Waals surface area contributed by atoms with Crippen LogP contribution >= 0.6 is 11.3 Å². The molecule has 1 unspecified atom stereocenters. The molecule has 0 aliphatic carbocycles. The summed E-state index contributed by atoms with van der Waals surface area (Å²) in [5.74, 6) is -0.570. The predicted octanol–water partition coefficient (Wildman–Crippen LogP) is 2.45. The average Bonchev–Trinajstić information content (AvgIpc) is 3.05. The quantitative estimate of drug-likeness (QED) is 0.938. The molecule has 2 heterocycles. The Balaban J connectivity index is 1.73. The molecule has 1 aliphatic heterocycles. The van der Waals surface area contributed by atoms with Gasteiger partial charge in [0.1, 0.15) is 5.01 Å². The lowest BCUT2D eigenvalue weighted by Gasteiger charge is -2.19. The molecule has 0 radical (unpaired) electrons. The molecular formula is C16H18N4O2S. The van der Waals surface area contributed by atoms with Crippen LogP contribution in [0.5, 0.6) is 0 Å². The number of benzene rings is 1. The molecule has 6 nitrogen and oxygen atoms in total. The first kappa shape index (κ1) is 15.6. The maximum absolute atomic E-state index is 12.3. The molecular weight excluding hydrogens is 312 g/mol. The number of hydrogen-bond acceptors (Lipinski definition) is 5. The number of nitrogens with zero attached hydrogens (tertiary/aromatic N) is 3. The molecule has 1 aromatic carbocycles. The molecule has 23 heavy (non-hydrogen) atoms. The highest BCUT2D eigenvalue weighted by Gasteiger charge is 2.36. The number of carbonyl (C=O) groups is 2. The van der Waals surface area contributed by atoms with Gasteiger partial charge in [0.2, 0.25) is 16.9 Å². The number of carbonyl (C=O) groups excluding carboxylic acids is 2.